The monoisotopic (exact) mass is 265 g/mol. The molecule has 0 saturated heterocycles. The molecule has 0 bridgehead atoms. The van der Waals surface area contributed by atoms with Crippen LogP contribution in [0.1, 0.15) is 62.9 Å². The van der Waals surface area contributed by atoms with Crippen molar-refractivity contribution < 1.29 is 0 Å². The number of nitrogens with zero attached hydrogens (tertiary/aromatic N) is 3. The number of hydrogen-bond acceptors (Lipinski definition) is 3. The molecule has 0 N–H and O–H groups in total. The number of unbranched alkanes of at least 4 members (excludes halogenated alkanes) is 1. The van der Waals surface area contributed by atoms with Gasteiger partial charge >= 0.3 is 0 Å². The number of rotatable bonds is 4. The molecule has 0 atom stereocenters. The molecule has 18 heavy (non-hydrogen) atoms. The highest BCUT2D eigenvalue weighted by atomic mass is 35.5. The third-order valence-electron chi connectivity index (χ3n) is 3.39. The minimum absolute atomic E-state index is 0.495. The van der Waals surface area contributed by atoms with Crippen LogP contribution in [0.3, 0.4) is 0 Å². The van der Waals surface area contributed by atoms with Gasteiger partial charge in [-0.1, -0.05) is 37.8 Å². The molecule has 1 heterocycles. The van der Waals surface area contributed by atoms with E-state index in [0.717, 1.165) is 30.0 Å². The van der Waals surface area contributed by atoms with E-state index < -0.39 is 0 Å². The zero-order valence-electron chi connectivity index (χ0n) is 11.1. The van der Waals surface area contributed by atoms with Crippen molar-refractivity contribution in [1.82, 2.24) is 9.97 Å². The zero-order valence-corrected chi connectivity index (χ0v) is 11.9. The van der Waals surface area contributed by atoms with E-state index in [2.05, 4.69) is 21.9 Å². The van der Waals surface area contributed by atoms with Crippen LogP contribution in [0.4, 0.5) is 5.69 Å². The molecule has 1 fully saturated rings. The zero-order chi connectivity index (χ0) is 13.0. The van der Waals surface area contributed by atoms with E-state index in [1.807, 2.05) is 13.1 Å². The number of aliphatic imine (C=N–C) groups is 1. The minimum Gasteiger partial charge on any atom is -0.256 e. The quantitative estimate of drug-likeness (QED) is 0.589. The summed E-state index contributed by atoms with van der Waals surface area (Å²) in [5, 5.41) is 0.497. The Morgan fingerprint density at radius 1 is 1.33 bits per heavy atom. The predicted octanol–water partition coefficient (Wildman–Crippen LogP) is 4.60. The first-order chi connectivity index (χ1) is 8.72. The molecule has 0 spiro atoms. The molecular formula is C14H20ClN3. The van der Waals surface area contributed by atoms with E-state index in [1.54, 1.807) is 0 Å². The first kappa shape index (κ1) is 13.5. The molecule has 0 radical (unpaired) electrons. The molecule has 98 valence electrons. The third kappa shape index (κ3) is 3.08. The molecule has 0 unspecified atom stereocenters. The lowest BCUT2D eigenvalue weighted by Crippen LogP contribution is -2.02. The maximum atomic E-state index is 6.23. The first-order valence-electron chi connectivity index (χ1n) is 6.79. The van der Waals surface area contributed by atoms with Crippen molar-refractivity contribution in [1.29, 1.82) is 0 Å². The Labute approximate surface area is 114 Å². The van der Waals surface area contributed by atoms with E-state index in [4.69, 9.17) is 11.6 Å². The molecule has 0 aliphatic heterocycles. The lowest BCUT2D eigenvalue weighted by Gasteiger charge is -2.10. The van der Waals surface area contributed by atoms with Crippen molar-refractivity contribution in [3.05, 3.63) is 16.7 Å². The van der Waals surface area contributed by atoms with Crippen molar-refractivity contribution in [2.45, 2.75) is 58.3 Å². The van der Waals surface area contributed by atoms with Gasteiger partial charge in [0.05, 0.1) is 5.69 Å². The summed E-state index contributed by atoms with van der Waals surface area (Å²) in [4.78, 5) is 13.4. The number of aryl methyl sites for hydroxylation is 1. The maximum absolute atomic E-state index is 6.23. The summed E-state index contributed by atoms with van der Waals surface area (Å²) in [6.45, 7) is 4.09. The summed E-state index contributed by atoms with van der Waals surface area (Å²) in [6.07, 6.45) is 8.87. The Kier molecular flexibility index (Phi) is 4.70. The molecule has 4 heteroatoms. The second-order valence-electron chi connectivity index (χ2n) is 4.89. The topological polar surface area (TPSA) is 38.1 Å². The molecular weight excluding hydrogens is 246 g/mol. The summed E-state index contributed by atoms with van der Waals surface area (Å²) < 4.78 is 0. The van der Waals surface area contributed by atoms with Crippen molar-refractivity contribution in [3.63, 3.8) is 0 Å². The lowest BCUT2D eigenvalue weighted by molar-refractivity contribution is 0.664. The highest BCUT2D eigenvalue weighted by Gasteiger charge is 2.21. The fourth-order valence-electron chi connectivity index (χ4n) is 2.35. The summed E-state index contributed by atoms with van der Waals surface area (Å²) in [5.41, 5.74) is 1.62. The average molecular weight is 266 g/mol. The van der Waals surface area contributed by atoms with Crippen molar-refractivity contribution >= 4 is 23.5 Å². The van der Waals surface area contributed by atoms with Crippen LogP contribution in [0.2, 0.25) is 5.15 Å². The van der Waals surface area contributed by atoms with Crippen LogP contribution in [0.15, 0.2) is 4.99 Å². The van der Waals surface area contributed by atoms with Gasteiger partial charge in [0.25, 0.3) is 0 Å². The summed E-state index contributed by atoms with van der Waals surface area (Å²) in [5.74, 6) is 1.40. The number of hydrogen-bond donors (Lipinski definition) is 0. The molecule has 0 amide bonds. The van der Waals surface area contributed by atoms with Crippen molar-refractivity contribution in [2.75, 3.05) is 0 Å². The second kappa shape index (κ2) is 6.28. The van der Waals surface area contributed by atoms with Gasteiger partial charge in [-0.25, -0.2) is 9.97 Å². The van der Waals surface area contributed by atoms with Gasteiger partial charge < -0.3 is 0 Å². The van der Waals surface area contributed by atoms with Crippen LogP contribution in [-0.4, -0.2) is 16.2 Å². The van der Waals surface area contributed by atoms with Crippen LogP contribution in [-0.2, 0) is 0 Å². The first-order valence-corrected chi connectivity index (χ1v) is 7.16. The molecule has 1 saturated carbocycles. The van der Waals surface area contributed by atoms with Crippen LogP contribution in [0.5, 0.6) is 0 Å². The van der Waals surface area contributed by atoms with E-state index >= 15 is 0 Å². The Morgan fingerprint density at radius 2 is 2.06 bits per heavy atom. The fraction of sp³-hybridized carbons (Fsp3) is 0.643. The highest BCUT2D eigenvalue weighted by Crippen LogP contribution is 2.35. The lowest BCUT2D eigenvalue weighted by atomic mass is 10.1. The van der Waals surface area contributed by atoms with Gasteiger partial charge in [-0.2, -0.15) is 0 Å². The largest absolute Gasteiger partial charge is 0.256 e. The van der Waals surface area contributed by atoms with Crippen molar-refractivity contribution in [2.24, 2.45) is 4.99 Å². The van der Waals surface area contributed by atoms with Gasteiger partial charge in [-0.05, 0) is 26.2 Å². The van der Waals surface area contributed by atoms with Crippen LogP contribution >= 0.6 is 11.6 Å². The molecule has 1 aromatic rings. The number of halogens is 1. The van der Waals surface area contributed by atoms with Crippen molar-refractivity contribution in [3.8, 4) is 0 Å². The highest BCUT2D eigenvalue weighted by molar-refractivity contribution is 6.31. The maximum Gasteiger partial charge on any atom is 0.158 e. The summed E-state index contributed by atoms with van der Waals surface area (Å²) >= 11 is 6.23. The van der Waals surface area contributed by atoms with Gasteiger partial charge in [-0.3, -0.25) is 4.99 Å². The second-order valence-corrected chi connectivity index (χ2v) is 5.25. The Morgan fingerprint density at radius 3 is 2.67 bits per heavy atom. The Bertz CT molecular complexity index is 414. The van der Waals surface area contributed by atoms with Crippen LogP contribution in [0.25, 0.3) is 0 Å². The third-order valence-corrected chi connectivity index (χ3v) is 3.66. The van der Waals surface area contributed by atoms with Crippen LogP contribution < -0.4 is 0 Å². The minimum atomic E-state index is 0.495. The van der Waals surface area contributed by atoms with E-state index in [1.165, 1.54) is 25.7 Å². The number of aromatic nitrogens is 2. The Balaban J connectivity index is 2.23. The molecule has 3 nitrogen and oxygen atoms in total. The SMILES string of the molecule is CCCC=Nc1c(C)nc(C2CCCC2)nc1Cl. The molecule has 1 aliphatic rings. The standard InChI is InChI=1S/C14H20ClN3/c1-3-4-9-16-12-10(2)17-14(18-13(12)15)11-7-5-6-8-11/h9,11H,3-8H2,1-2H3. The molecule has 2 rings (SSSR count). The van der Waals surface area contributed by atoms with Gasteiger partial charge in [0.2, 0.25) is 0 Å². The molecule has 1 aromatic heterocycles. The predicted molar refractivity (Wildman–Crippen MR) is 76.0 cm³/mol. The smallest absolute Gasteiger partial charge is 0.158 e. The van der Waals surface area contributed by atoms with Gasteiger partial charge in [0, 0.05) is 12.1 Å². The molecule has 1 aliphatic carbocycles. The van der Waals surface area contributed by atoms with E-state index in [0.29, 0.717) is 11.1 Å². The fourth-order valence-corrected chi connectivity index (χ4v) is 2.62. The normalized spacial score (nSPS) is 16.8. The average Bonchev–Trinajstić information content (AvgIpc) is 2.86. The van der Waals surface area contributed by atoms with Gasteiger partial charge in [-0.15, -0.1) is 0 Å². The van der Waals surface area contributed by atoms with Crippen LogP contribution in [0, 0.1) is 6.92 Å². The summed E-state index contributed by atoms with van der Waals surface area (Å²) in [6, 6.07) is 0. The summed E-state index contributed by atoms with van der Waals surface area (Å²) in [7, 11) is 0. The van der Waals surface area contributed by atoms with E-state index in [9.17, 15) is 0 Å². The molecule has 0 aromatic carbocycles. The van der Waals surface area contributed by atoms with Gasteiger partial charge in [0.15, 0.2) is 5.15 Å². The van der Waals surface area contributed by atoms with E-state index in [-0.39, 0.29) is 0 Å². The van der Waals surface area contributed by atoms with Gasteiger partial charge in [0.1, 0.15) is 11.5 Å². The Hall–Kier alpha value is -0.960.